The second-order valence-electron chi connectivity index (χ2n) is 10.1. The summed E-state index contributed by atoms with van der Waals surface area (Å²) in [5.41, 5.74) is 0. The zero-order valence-electron chi connectivity index (χ0n) is 20.0. The van der Waals surface area contributed by atoms with Crippen molar-refractivity contribution < 1.29 is 18.6 Å². The fraction of sp³-hybridized carbons (Fsp3) is 0.556. The van der Waals surface area contributed by atoms with Crippen LogP contribution >= 0.6 is 0 Å². The first-order valence-electron chi connectivity index (χ1n) is 12.0. The van der Waals surface area contributed by atoms with Gasteiger partial charge < -0.3 is 18.6 Å². The number of hydrogen-bond donors (Lipinski definition) is 0. The van der Waals surface area contributed by atoms with E-state index in [0.29, 0.717) is 6.61 Å². The van der Waals surface area contributed by atoms with E-state index in [1.165, 1.54) is 10.4 Å². The Hall–Kier alpha value is -1.50. The van der Waals surface area contributed by atoms with Crippen LogP contribution in [0.5, 0.6) is 0 Å². The van der Waals surface area contributed by atoms with Crippen LogP contribution in [-0.2, 0) is 18.6 Å². The molecule has 0 aliphatic carbocycles. The fourth-order valence-corrected chi connectivity index (χ4v) is 10.1. The van der Waals surface area contributed by atoms with Crippen LogP contribution in [0.25, 0.3) is 0 Å². The quantitative estimate of drug-likeness (QED) is 0.595. The molecule has 0 saturated carbocycles. The summed E-state index contributed by atoms with van der Waals surface area (Å²) in [6.07, 6.45) is 4.94. The van der Waals surface area contributed by atoms with E-state index in [0.717, 1.165) is 38.7 Å². The molecular weight excluding hydrogens is 416 g/mol. The Kier molecular flexibility index (Phi) is 7.23. The maximum Gasteiger partial charge on any atom is 0.261 e. The Balaban J connectivity index is 1.64. The molecule has 1 spiro atoms. The van der Waals surface area contributed by atoms with Gasteiger partial charge in [-0.25, -0.2) is 0 Å². The van der Waals surface area contributed by atoms with E-state index in [4.69, 9.17) is 18.6 Å². The summed E-state index contributed by atoms with van der Waals surface area (Å²) in [7, 11) is -0.801. The lowest BCUT2D eigenvalue weighted by atomic mass is 9.92. The third-order valence-electron chi connectivity index (χ3n) is 7.06. The highest BCUT2D eigenvalue weighted by Gasteiger charge is 2.52. The first kappa shape index (κ1) is 23.6. The largest absolute Gasteiger partial charge is 0.405 e. The van der Waals surface area contributed by atoms with Gasteiger partial charge in [-0.05, 0) is 41.1 Å². The summed E-state index contributed by atoms with van der Waals surface area (Å²) in [6.45, 7) is 8.24. The smallest absolute Gasteiger partial charge is 0.261 e. The topological polar surface area (TPSA) is 36.9 Å². The minimum Gasteiger partial charge on any atom is -0.405 e. The maximum atomic E-state index is 7.13. The molecule has 2 aromatic rings. The molecule has 3 atom stereocenters. The van der Waals surface area contributed by atoms with Gasteiger partial charge >= 0.3 is 0 Å². The Morgan fingerprint density at radius 3 is 2.06 bits per heavy atom. The van der Waals surface area contributed by atoms with E-state index in [-0.39, 0.29) is 17.2 Å². The highest BCUT2D eigenvalue weighted by Crippen LogP contribution is 2.41. The van der Waals surface area contributed by atoms with Gasteiger partial charge in [-0.2, -0.15) is 0 Å². The summed E-state index contributed by atoms with van der Waals surface area (Å²) in [6, 6.07) is 21.6. The van der Waals surface area contributed by atoms with Crippen molar-refractivity contribution in [3.05, 3.63) is 60.7 Å². The molecule has 0 amide bonds. The molecule has 4 nitrogen and oxygen atoms in total. The van der Waals surface area contributed by atoms with Crippen LogP contribution in [0, 0.1) is 0 Å². The lowest BCUT2D eigenvalue weighted by Gasteiger charge is -2.49. The Morgan fingerprint density at radius 1 is 0.938 bits per heavy atom. The first-order valence-corrected chi connectivity index (χ1v) is 13.9. The average Bonchev–Trinajstić information content (AvgIpc) is 2.81. The number of ether oxygens (including phenoxy) is 3. The minimum atomic E-state index is -2.57. The second kappa shape index (κ2) is 9.78. The molecule has 32 heavy (non-hydrogen) atoms. The third-order valence-corrected chi connectivity index (χ3v) is 12.1. The Labute approximate surface area is 194 Å². The number of benzene rings is 2. The van der Waals surface area contributed by atoms with Gasteiger partial charge in [0.25, 0.3) is 8.32 Å². The summed E-state index contributed by atoms with van der Waals surface area (Å²) >= 11 is 0. The zero-order chi connectivity index (χ0) is 22.7. The molecule has 174 valence electrons. The lowest BCUT2D eigenvalue weighted by Crippen LogP contribution is -2.67. The van der Waals surface area contributed by atoms with Crippen molar-refractivity contribution in [1.29, 1.82) is 0 Å². The van der Waals surface area contributed by atoms with E-state index in [9.17, 15) is 0 Å². The predicted octanol–water partition coefficient (Wildman–Crippen LogP) is 4.65. The molecule has 2 heterocycles. The first-order chi connectivity index (χ1) is 15.4. The van der Waals surface area contributed by atoms with Crippen LogP contribution in [0.15, 0.2) is 60.7 Å². The van der Waals surface area contributed by atoms with Crippen molar-refractivity contribution in [1.82, 2.24) is 0 Å². The van der Waals surface area contributed by atoms with Gasteiger partial charge in [-0.3, -0.25) is 0 Å². The van der Waals surface area contributed by atoms with Gasteiger partial charge in [0.1, 0.15) is 6.10 Å². The van der Waals surface area contributed by atoms with Crippen molar-refractivity contribution in [3.8, 4) is 0 Å². The monoisotopic (exact) mass is 454 g/mol. The van der Waals surface area contributed by atoms with Crippen LogP contribution in [-0.4, -0.2) is 46.6 Å². The number of methoxy groups -OCH3 is 1. The second-order valence-corrected chi connectivity index (χ2v) is 14.4. The highest BCUT2D eigenvalue weighted by atomic mass is 28.4. The van der Waals surface area contributed by atoms with Crippen molar-refractivity contribution >= 4 is 18.7 Å². The molecule has 2 aromatic carbocycles. The average molecular weight is 455 g/mol. The molecule has 0 bridgehead atoms. The molecule has 0 radical (unpaired) electrons. The molecule has 2 aliphatic heterocycles. The van der Waals surface area contributed by atoms with Gasteiger partial charge in [0, 0.05) is 13.5 Å². The van der Waals surface area contributed by atoms with Crippen LogP contribution in [0.2, 0.25) is 5.04 Å². The van der Waals surface area contributed by atoms with Gasteiger partial charge in [0.05, 0.1) is 19.3 Å². The fourth-order valence-electron chi connectivity index (χ4n) is 5.51. The summed E-state index contributed by atoms with van der Waals surface area (Å²) in [5, 5.41) is 2.55. The molecule has 0 aromatic heterocycles. The van der Waals surface area contributed by atoms with Gasteiger partial charge in [-0.1, -0.05) is 81.4 Å². The van der Waals surface area contributed by atoms with Gasteiger partial charge in [0.15, 0.2) is 5.79 Å². The summed E-state index contributed by atoms with van der Waals surface area (Å²) in [5.74, 6) is -0.620. The predicted molar refractivity (Wildman–Crippen MR) is 131 cm³/mol. The summed E-state index contributed by atoms with van der Waals surface area (Å²) < 4.78 is 25.8. The third kappa shape index (κ3) is 4.46. The van der Waals surface area contributed by atoms with Crippen LogP contribution in [0.4, 0.5) is 0 Å². The number of rotatable bonds is 6. The van der Waals surface area contributed by atoms with Crippen LogP contribution in [0.3, 0.4) is 0 Å². The molecule has 2 aliphatic rings. The zero-order valence-corrected chi connectivity index (χ0v) is 21.0. The molecule has 2 saturated heterocycles. The van der Waals surface area contributed by atoms with Crippen molar-refractivity contribution in [3.63, 3.8) is 0 Å². The lowest BCUT2D eigenvalue weighted by molar-refractivity contribution is -0.339. The molecule has 0 unspecified atom stereocenters. The highest BCUT2D eigenvalue weighted by molar-refractivity contribution is 6.99. The van der Waals surface area contributed by atoms with E-state index in [2.05, 4.69) is 81.4 Å². The van der Waals surface area contributed by atoms with Crippen LogP contribution in [0.1, 0.15) is 52.9 Å². The van der Waals surface area contributed by atoms with Crippen molar-refractivity contribution in [2.24, 2.45) is 0 Å². The molecule has 0 N–H and O–H groups in total. The van der Waals surface area contributed by atoms with E-state index in [1.807, 2.05) is 0 Å². The van der Waals surface area contributed by atoms with Gasteiger partial charge in [-0.15, -0.1) is 0 Å². The van der Waals surface area contributed by atoms with Crippen molar-refractivity contribution in [2.45, 2.75) is 75.9 Å². The normalized spacial score (nSPS) is 26.9. The Bertz CT molecular complexity index is 803. The molecule has 5 heteroatoms. The van der Waals surface area contributed by atoms with E-state index < -0.39 is 14.1 Å². The minimum absolute atomic E-state index is 0.00106. The molecular formula is C27H38O4Si. The van der Waals surface area contributed by atoms with E-state index in [1.54, 1.807) is 7.11 Å². The van der Waals surface area contributed by atoms with Crippen molar-refractivity contribution in [2.75, 3.05) is 20.3 Å². The standard InChI is InChI=1S/C27H38O4Si/c1-26(2,3)32(23-13-7-5-8-14-23,24-15-9-6-10-16-24)30-21-22-17-18-25(28-4)27(31-22)19-11-12-20-29-27/h5-10,13-16,22,25H,11-12,17-21H2,1-4H3/t22-,25+,27+/m0/s1. The Morgan fingerprint density at radius 2 is 1.56 bits per heavy atom. The molecule has 2 fully saturated rings. The van der Waals surface area contributed by atoms with E-state index >= 15 is 0 Å². The SMILES string of the molecule is CO[C@@H]1CC[C@@H](CO[Si](c2ccccc2)(c2ccccc2)C(C)(C)C)O[C@]12CCCCO2. The van der Waals surface area contributed by atoms with Crippen LogP contribution < -0.4 is 10.4 Å². The molecule has 4 rings (SSSR count). The maximum absolute atomic E-state index is 7.13. The number of hydrogen-bond acceptors (Lipinski definition) is 4. The van der Waals surface area contributed by atoms with Gasteiger partial charge in [0.2, 0.25) is 0 Å². The summed E-state index contributed by atoms with van der Waals surface area (Å²) in [4.78, 5) is 0.